The van der Waals surface area contributed by atoms with Crippen LogP contribution < -0.4 is 10.6 Å². The van der Waals surface area contributed by atoms with Crippen molar-refractivity contribution in [3.63, 3.8) is 0 Å². The molecule has 0 saturated carbocycles. The number of nitrogens with two attached hydrogens (primary N) is 1. The number of hydrogen-bond donors (Lipinski definition) is 1. The summed E-state index contributed by atoms with van der Waals surface area (Å²) < 4.78 is 0. The molecular formula is C16H27N3. The van der Waals surface area contributed by atoms with Crippen LogP contribution in [0.5, 0.6) is 0 Å². The Morgan fingerprint density at radius 1 is 1.32 bits per heavy atom. The summed E-state index contributed by atoms with van der Waals surface area (Å²) in [6.07, 6.45) is 2.59. The molecule has 2 N–H and O–H groups in total. The van der Waals surface area contributed by atoms with Crippen molar-refractivity contribution >= 4 is 5.69 Å². The molecule has 0 spiro atoms. The molecule has 0 radical (unpaired) electrons. The van der Waals surface area contributed by atoms with Crippen LogP contribution >= 0.6 is 0 Å². The Morgan fingerprint density at radius 2 is 1.95 bits per heavy atom. The normalized spacial score (nSPS) is 17.3. The Morgan fingerprint density at radius 3 is 2.47 bits per heavy atom. The fraction of sp³-hybridized carbons (Fsp3) is 0.688. The molecule has 0 aliphatic carbocycles. The van der Waals surface area contributed by atoms with E-state index in [1.54, 1.807) is 0 Å². The molecule has 1 fully saturated rings. The van der Waals surface area contributed by atoms with Gasteiger partial charge in [-0.1, -0.05) is 13.8 Å². The van der Waals surface area contributed by atoms with E-state index in [1.807, 2.05) is 0 Å². The first kappa shape index (κ1) is 14.3. The third-order valence-corrected chi connectivity index (χ3v) is 4.46. The van der Waals surface area contributed by atoms with Crippen molar-refractivity contribution in [2.45, 2.75) is 47.1 Å². The summed E-state index contributed by atoms with van der Waals surface area (Å²) in [4.78, 5) is 7.04. The number of hydrogen-bond acceptors (Lipinski definition) is 3. The van der Waals surface area contributed by atoms with Gasteiger partial charge in [0, 0.05) is 42.3 Å². The van der Waals surface area contributed by atoms with Crippen molar-refractivity contribution in [1.29, 1.82) is 0 Å². The van der Waals surface area contributed by atoms with Crippen molar-refractivity contribution in [3.05, 3.63) is 23.0 Å². The van der Waals surface area contributed by atoms with Gasteiger partial charge in [0.2, 0.25) is 0 Å². The second kappa shape index (κ2) is 5.91. The predicted molar refractivity (Wildman–Crippen MR) is 81.4 cm³/mol. The van der Waals surface area contributed by atoms with Gasteiger partial charge < -0.3 is 10.6 Å². The fourth-order valence-corrected chi connectivity index (χ4v) is 3.18. The molecule has 1 saturated heterocycles. The summed E-state index contributed by atoms with van der Waals surface area (Å²) >= 11 is 0. The summed E-state index contributed by atoms with van der Waals surface area (Å²) in [5.41, 5.74) is 10.6. The van der Waals surface area contributed by atoms with Crippen LogP contribution in [0, 0.1) is 25.7 Å². The van der Waals surface area contributed by atoms with E-state index in [9.17, 15) is 0 Å². The molecule has 106 valence electrons. The van der Waals surface area contributed by atoms with Gasteiger partial charge in [-0.2, -0.15) is 0 Å². The summed E-state index contributed by atoms with van der Waals surface area (Å²) in [6, 6.07) is 2.20. The fourth-order valence-electron chi connectivity index (χ4n) is 3.18. The quantitative estimate of drug-likeness (QED) is 0.909. The molecule has 2 rings (SSSR count). The zero-order chi connectivity index (χ0) is 14.0. The predicted octanol–water partition coefficient (Wildman–Crippen LogP) is 3.03. The lowest BCUT2D eigenvalue weighted by molar-refractivity contribution is 0.311. The van der Waals surface area contributed by atoms with Crippen LogP contribution in [0.4, 0.5) is 5.69 Å². The van der Waals surface area contributed by atoms with E-state index in [4.69, 9.17) is 5.73 Å². The largest absolute Gasteiger partial charge is 0.371 e. The maximum Gasteiger partial charge on any atom is 0.0448 e. The molecule has 0 amide bonds. The van der Waals surface area contributed by atoms with Gasteiger partial charge in [0.15, 0.2) is 0 Å². The molecule has 1 aliphatic rings. The molecular weight excluding hydrogens is 234 g/mol. The van der Waals surface area contributed by atoms with Crippen molar-refractivity contribution in [1.82, 2.24) is 4.98 Å². The molecule has 1 aliphatic heterocycles. The first-order valence-corrected chi connectivity index (χ1v) is 7.45. The number of aryl methyl sites for hydroxylation is 2. The topological polar surface area (TPSA) is 42.1 Å². The molecule has 3 heteroatoms. The number of piperidine rings is 1. The maximum absolute atomic E-state index is 5.92. The van der Waals surface area contributed by atoms with Crippen LogP contribution in [-0.2, 0) is 6.54 Å². The number of pyridine rings is 1. The number of aromatic nitrogens is 1. The third-order valence-electron chi connectivity index (χ3n) is 4.46. The Labute approximate surface area is 117 Å². The first-order valence-electron chi connectivity index (χ1n) is 7.45. The standard InChI is InChI=1S/C16H27N3/c1-11(2)14-5-7-19(8-6-14)16-9-12(3)18-13(4)15(16)10-17/h9,11,14H,5-8,10,17H2,1-4H3. The van der Waals surface area contributed by atoms with Crippen LogP contribution in [0.1, 0.15) is 43.6 Å². The minimum Gasteiger partial charge on any atom is -0.371 e. The van der Waals surface area contributed by atoms with Gasteiger partial charge in [0.1, 0.15) is 0 Å². The summed E-state index contributed by atoms with van der Waals surface area (Å²) in [6.45, 7) is 11.7. The Balaban J connectivity index is 2.19. The van der Waals surface area contributed by atoms with E-state index < -0.39 is 0 Å². The van der Waals surface area contributed by atoms with Crippen molar-refractivity contribution in [2.75, 3.05) is 18.0 Å². The Kier molecular flexibility index (Phi) is 4.46. The molecule has 0 aromatic carbocycles. The minimum atomic E-state index is 0.582. The molecule has 0 atom stereocenters. The highest BCUT2D eigenvalue weighted by Gasteiger charge is 2.23. The van der Waals surface area contributed by atoms with Gasteiger partial charge in [-0.25, -0.2) is 0 Å². The van der Waals surface area contributed by atoms with Gasteiger partial charge >= 0.3 is 0 Å². The zero-order valence-corrected chi connectivity index (χ0v) is 12.7. The summed E-state index contributed by atoms with van der Waals surface area (Å²) in [5, 5.41) is 0. The van der Waals surface area contributed by atoms with E-state index in [0.717, 1.165) is 36.3 Å². The van der Waals surface area contributed by atoms with Crippen LogP contribution in [0.2, 0.25) is 0 Å². The molecule has 19 heavy (non-hydrogen) atoms. The second-order valence-electron chi connectivity index (χ2n) is 6.12. The molecule has 3 nitrogen and oxygen atoms in total. The Bertz CT molecular complexity index is 432. The zero-order valence-electron chi connectivity index (χ0n) is 12.7. The highest BCUT2D eigenvalue weighted by atomic mass is 15.1. The van der Waals surface area contributed by atoms with Crippen molar-refractivity contribution < 1.29 is 0 Å². The summed E-state index contributed by atoms with van der Waals surface area (Å²) in [7, 11) is 0. The third kappa shape index (κ3) is 3.08. The van der Waals surface area contributed by atoms with Gasteiger partial charge in [0.05, 0.1) is 0 Å². The van der Waals surface area contributed by atoms with Gasteiger partial charge in [0.25, 0.3) is 0 Å². The van der Waals surface area contributed by atoms with Crippen LogP contribution in [0.15, 0.2) is 6.07 Å². The molecule has 2 heterocycles. The number of rotatable bonds is 3. The maximum atomic E-state index is 5.92. The molecule has 0 unspecified atom stereocenters. The van der Waals surface area contributed by atoms with Gasteiger partial charge in [-0.15, -0.1) is 0 Å². The molecule has 0 bridgehead atoms. The van der Waals surface area contributed by atoms with E-state index in [1.165, 1.54) is 24.1 Å². The average Bonchev–Trinajstić information content (AvgIpc) is 2.38. The van der Waals surface area contributed by atoms with Crippen molar-refractivity contribution in [3.8, 4) is 0 Å². The number of anilines is 1. The lowest BCUT2D eigenvalue weighted by Gasteiger charge is -2.36. The SMILES string of the molecule is Cc1cc(N2CCC(C(C)C)CC2)c(CN)c(C)n1. The lowest BCUT2D eigenvalue weighted by Crippen LogP contribution is -2.36. The average molecular weight is 261 g/mol. The van der Waals surface area contributed by atoms with E-state index >= 15 is 0 Å². The first-order chi connectivity index (χ1) is 9.02. The van der Waals surface area contributed by atoms with E-state index in [-0.39, 0.29) is 0 Å². The van der Waals surface area contributed by atoms with Crippen molar-refractivity contribution in [2.24, 2.45) is 17.6 Å². The van der Waals surface area contributed by atoms with Gasteiger partial charge in [-0.05, 0) is 44.6 Å². The highest BCUT2D eigenvalue weighted by Crippen LogP contribution is 2.30. The second-order valence-corrected chi connectivity index (χ2v) is 6.12. The Hall–Kier alpha value is -1.09. The molecule has 1 aromatic heterocycles. The summed E-state index contributed by atoms with van der Waals surface area (Å²) in [5.74, 6) is 1.68. The highest BCUT2D eigenvalue weighted by molar-refractivity contribution is 5.56. The van der Waals surface area contributed by atoms with Crippen LogP contribution in [-0.4, -0.2) is 18.1 Å². The van der Waals surface area contributed by atoms with E-state index in [0.29, 0.717) is 6.54 Å². The minimum absolute atomic E-state index is 0.582. The number of nitrogens with zero attached hydrogens (tertiary/aromatic N) is 2. The van der Waals surface area contributed by atoms with Crippen LogP contribution in [0.25, 0.3) is 0 Å². The molecule has 1 aromatic rings. The lowest BCUT2D eigenvalue weighted by atomic mass is 9.86. The van der Waals surface area contributed by atoms with E-state index in [2.05, 4.69) is 43.6 Å². The monoisotopic (exact) mass is 261 g/mol. The van der Waals surface area contributed by atoms with Crippen LogP contribution in [0.3, 0.4) is 0 Å². The smallest absolute Gasteiger partial charge is 0.0448 e. The van der Waals surface area contributed by atoms with Gasteiger partial charge in [-0.3, -0.25) is 4.98 Å².